The van der Waals surface area contributed by atoms with Crippen LogP contribution in [0.2, 0.25) is 0 Å². The number of benzene rings is 3. The number of aryl methyl sites for hydroxylation is 1. The molecule has 0 aromatic heterocycles. The first kappa shape index (κ1) is 21.0. The van der Waals surface area contributed by atoms with Crippen LogP contribution in [0.5, 0.6) is 0 Å². The van der Waals surface area contributed by atoms with Gasteiger partial charge in [-0.25, -0.2) is 18.5 Å². The molecule has 1 amide bonds. The zero-order chi connectivity index (χ0) is 22.0. The molecule has 1 aliphatic heterocycles. The monoisotopic (exact) mass is 449 g/mol. The maximum Gasteiger partial charge on any atom is 0.271 e. The van der Waals surface area contributed by atoms with Gasteiger partial charge in [0.15, 0.2) is 5.17 Å². The molecule has 0 spiro atoms. The van der Waals surface area contributed by atoms with Crippen LogP contribution in [-0.4, -0.2) is 19.5 Å². The summed E-state index contributed by atoms with van der Waals surface area (Å²) in [6, 6.07) is 23.1. The number of amides is 1. The molecule has 8 heteroatoms. The number of thioether (sulfide) groups is 1. The van der Waals surface area contributed by atoms with Crippen molar-refractivity contribution in [1.82, 2.24) is 0 Å². The number of nitrogens with two attached hydrogens (primary N) is 1. The van der Waals surface area contributed by atoms with E-state index in [0.717, 1.165) is 11.1 Å². The highest BCUT2D eigenvalue weighted by Gasteiger charge is 2.34. The third-order valence-corrected chi connectivity index (χ3v) is 6.48. The zero-order valence-electron chi connectivity index (χ0n) is 16.6. The molecule has 0 aliphatic carbocycles. The molecule has 0 unspecified atom stereocenters. The fraction of sp³-hybridized carbons (Fsp3) is 0.0435. The van der Waals surface area contributed by atoms with Gasteiger partial charge in [-0.1, -0.05) is 48.0 Å². The van der Waals surface area contributed by atoms with E-state index < -0.39 is 10.0 Å². The van der Waals surface area contributed by atoms with E-state index in [4.69, 9.17) is 5.14 Å². The van der Waals surface area contributed by atoms with Gasteiger partial charge >= 0.3 is 0 Å². The molecule has 6 nitrogen and oxygen atoms in total. The van der Waals surface area contributed by atoms with Gasteiger partial charge in [-0.15, -0.1) is 0 Å². The van der Waals surface area contributed by atoms with Gasteiger partial charge in [-0.3, -0.25) is 9.69 Å². The first-order valence-corrected chi connectivity index (χ1v) is 11.7. The molecule has 1 saturated heterocycles. The third-order valence-electron chi connectivity index (χ3n) is 4.59. The summed E-state index contributed by atoms with van der Waals surface area (Å²) < 4.78 is 23.0. The topological polar surface area (TPSA) is 92.8 Å². The van der Waals surface area contributed by atoms with E-state index in [1.807, 2.05) is 67.6 Å². The molecule has 1 heterocycles. The Kier molecular flexibility index (Phi) is 5.77. The number of hydrogen-bond acceptors (Lipinski definition) is 5. The number of amidine groups is 1. The number of anilines is 1. The average Bonchev–Trinajstić information content (AvgIpc) is 3.04. The van der Waals surface area contributed by atoms with E-state index in [0.29, 0.717) is 21.4 Å². The van der Waals surface area contributed by atoms with Gasteiger partial charge in [0.2, 0.25) is 10.0 Å². The number of carbonyl (C=O) groups excluding carboxylic acids is 1. The first-order valence-electron chi connectivity index (χ1n) is 9.38. The normalized spacial score (nSPS) is 17.0. The van der Waals surface area contributed by atoms with Gasteiger partial charge in [0.25, 0.3) is 5.91 Å². The highest BCUT2D eigenvalue weighted by atomic mass is 32.2. The zero-order valence-corrected chi connectivity index (χ0v) is 18.2. The van der Waals surface area contributed by atoms with E-state index in [9.17, 15) is 13.2 Å². The predicted octanol–water partition coefficient (Wildman–Crippen LogP) is 4.45. The summed E-state index contributed by atoms with van der Waals surface area (Å²) in [5.74, 6) is -0.170. The summed E-state index contributed by atoms with van der Waals surface area (Å²) in [5, 5.41) is 5.64. The summed E-state index contributed by atoms with van der Waals surface area (Å²) in [5.41, 5.74) is 3.28. The van der Waals surface area contributed by atoms with Crippen LogP contribution in [0.3, 0.4) is 0 Å². The Bertz CT molecular complexity index is 1280. The largest absolute Gasteiger partial charge is 0.271 e. The van der Waals surface area contributed by atoms with Crippen LogP contribution in [0.1, 0.15) is 11.1 Å². The fourth-order valence-corrected chi connectivity index (χ4v) is 4.50. The summed E-state index contributed by atoms with van der Waals surface area (Å²) >= 11 is 1.27. The molecular formula is C23H19N3O3S2. The highest BCUT2D eigenvalue weighted by Crippen LogP contribution is 2.37. The molecule has 0 bridgehead atoms. The second-order valence-electron chi connectivity index (χ2n) is 6.93. The molecule has 31 heavy (non-hydrogen) atoms. The van der Waals surface area contributed by atoms with Gasteiger partial charge < -0.3 is 0 Å². The van der Waals surface area contributed by atoms with Gasteiger partial charge in [0.1, 0.15) is 0 Å². The van der Waals surface area contributed by atoms with Crippen LogP contribution in [0.25, 0.3) is 6.08 Å². The third kappa shape index (κ3) is 4.77. The van der Waals surface area contributed by atoms with Gasteiger partial charge in [-0.05, 0) is 66.7 Å². The van der Waals surface area contributed by atoms with Crippen LogP contribution in [0.15, 0.2) is 93.7 Å². The standard InChI is InChI=1S/C23H19N3O3S2/c1-16-7-9-17(10-8-16)15-21-22(27)26(19-5-3-2-4-6-19)23(30-21)25-18-11-13-20(14-12-18)31(24,28)29/h2-15H,1H3,(H2,24,28,29). The quantitative estimate of drug-likeness (QED) is 0.596. The molecule has 0 radical (unpaired) electrons. The summed E-state index contributed by atoms with van der Waals surface area (Å²) in [6.45, 7) is 2.01. The number of rotatable bonds is 4. The number of aliphatic imine (C=N–C) groups is 1. The van der Waals surface area contributed by atoms with E-state index in [2.05, 4.69) is 4.99 Å². The van der Waals surface area contributed by atoms with Crippen molar-refractivity contribution in [2.45, 2.75) is 11.8 Å². The Morgan fingerprint density at radius 3 is 2.19 bits per heavy atom. The Labute approximate surface area is 185 Å². The second kappa shape index (κ2) is 8.50. The molecule has 1 aliphatic rings. The lowest BCUT2D eigenvalue weighted by Gasteiger charge is -2.15. The van der Waals surface area contributed by atoms with E-state index in [-0.39, 0.29) is 10.8 Å². The number of sulfonamides is 1. The Morgan fingerprint density at radius 1 is 0.935 bits per heavy atom. The molecule has 3 aromatic rings. The van der Waals surface area contributed by atoms with Crippen molar-refractivity contribution in [1.29, 1.82) is 0 Å². The minimum absolute atomic E-state index is 0.00599. The summed E-state index contributed by atoms with van der Waals surface area (Å²) in [6.07, 6.45) is 1.84. The molecule has 3 aromatic carbocycles. The molecule has 156 valence electrons. The minimum atomic E-state index is -3.78. The van der Waals surface area contributed by atoms with Gasteiger partial charge in [0.05, 0.1) is 21.2 Å². The lowest BCUT2D eigenvalue weighted by Crippen LogP contribution is -2.28. The van der Waals surface area contributed by atoms with E-state index in [1.165, 1.54) is 23.9 Å². The van der Waals surface area contributed by atoms with Crippen molar-refractivity contribution in [3.05, 3.63) is 94.9 Å². The van der Waals surface area contributed by atoms with Crippen LogP contribution >= 0.6 is 11.8 Å². The molecule has 0 saturated carbocycles. The molecule has 2 N–H and O–H groups in total. The van der Waals surface area contributed by atoms with Crippen molar-refractivity contribution in [2.24, 2.45) is 10.1 Å². The summed E-state index contributed by atoms with van der Waals surface area (Å²) in [4.78, 5) is 19.9. The highest BCUT2D eigenvalue weighted by molar-refractivity contribution is 8.19. The maximum atomic E-state index is 13.2. The Morgan fingerprint density at radius 2 is 1.58 bits per heavy atom. The number of hydrogen-bond donors (Lipinski definition) is 1. The average molecular weight is 450 g/mol. The summed E-state index contributed by atoms with van der Waals surface area (Å²) in [7, 11) is -3.78. The number of carbonyl (C=O) groups is 1. The Hall–Kier alpha value is -3.20. The number of primary sulfonamides is 1. The minimum Gasteiger partial charge on any atom is -0.268 e. The smallest absolute Gasteiger partial charge is 0.268 e. The van der Waals surface area contributed by atoms with Crippen LogP contribution in [0, 0.1) is 6.92 Å². The van der Waals surface area contributed by atoms with Crippen LogP contribution < -0.4 is 10.0 Å². The van der Waals surface area contributed by atoms with E-state index in [1.54, 1.807) is 17.0 Å². The predicted molar refractivity (Wildman–Crippen MR) is 126 cm³/mol. The molecule has 0 atom stereocenters. The number of nitrogens with zero attached hydrogens (tertiary/aromatic N) is 2. The van der Waals surface area contributed by atoms with Crippen molar-refractivity contribution in [2.75, 3.05) is 4.90 Å². The first-order chi connectivity index (χ1) is 14.8. The van der Waals surface area contributed by atoms with Crippen molar-refractivity contribution < 1.29 is 13.2 Å². The molecule has 4 rings (SSSR count). The Balaban J connectivity index is 1.74. The van der Waals surface area contributed by atoms with Crippen molar-refractivity contribution in [3.8, 4) is 0 Å². The molecule has 1 fully saturated rings. The van der Waals surface area contributed by atoms with Crippen molar-refractivity contribution >= 4 is 50.3 Å². The van der Waals surface area contributed by atoms with Crippen LogP contribution in [0.4, 0.5) is 11.4 Å². The van der Waals surface area contributed by atoms with Gasteiger partial charge in [0, 0.05) is 0 Å². The SMILES string of the molecule is Cc1ccc(C=C2SC(=Nc3ccc(S(N)(=O)=O)cc3)N(c3ccccc3)C2=O)cc1. The second-order valence-corrected chi connectivity index (χ2v) is 9.50. The lowest BCUT2D eigenvalue weighted by molar-refractivity contribution is -0.113. The lowest BCUT2D eigenvalue weighted by atomic mass is 10.1. The number of para-hydroxylation sites is 1. The fourth-order valence-electron chi connectivity index (χ4n) is 2.99. The maximum absolute atomic E-state index is 13.2. The van der Waals surface area contributed by atoms with E-state index >= 15 is 0 Å². The molecular weight excluding hydrogens is 430 g/mol. The van der Waals surface area contributed by atoms with Crippen molar-refractivity contribution in [3.63, 3.8) is 0 Å². The van der Waals surface area contributed by atoms with Gasteiger partial charge in [-0.2, -0.15) is 0 Å². The van der Waals surface area contributed by atoms with Crippen LogP contribution in [-0.2, 0) is 14.8 Å².